The Hall–Kier alpha value is -2.19. The second-order valence-corrected chi connectivity index (χ2v) is 5.03. The van der Waals surface area contributed by atoms with Crippen LogP contribution in [0.15, 0.2) is 72.8 Å². The molecule has 0 saturated heterocycles. The number of benzene rings is 2. The van der Waals surface area contributed by atoms with E-state index < -0.39 is 0 Å². The first kappa shape index (κ1) is 12.8. The highest BCUT2D eigenvalue weighted by Gasteiger charge is 2.27. The van der Waals surface area contributed by atoms with Crippen molar-refractivity contribution in [2.24, 2.45) is 0 Å². The number of carbonyl (C=O) groups excluding carboxylic acids is 1. The van der Waals surface area contributed by atoms with Crippen LogP contribution in [0.4, 0.5) is 0 Å². The third-order valence-corrected chi connectivity index (χ3v) is 3.60. The summed E-state index contributed by atoms with van der Waals surface area (Å²) in [5, 5.41) is 0. The SMILES string of the molecule is O=C1C=CCN(Cc2ccccc2)[C@H]1c1ccccc1. The lowest BCUT2D eigenvalue weighted by atomic mass is 9.97. The number of carbonyl (C=O) groups is 1. The molecule has 0 fully saturated rings. The number of hydrogen-bond donors (Lipinski definition) is 0. The summed E-state index contributed by atoms with van der Waals surface area (Å²) in [7, 11) is 0. The van der Waals surface area contributed by atoms with Gasteiger partial charge in [-0.15, -0.1) is 0 Å². The lowest BCUT2D eigenvalue weighted by Gasteiger charge is -2.32. The van der Waals surface area contributed by atoms with Gasteiger partial charge < -0.3 is 0 Å². The Morgan fingerprint density at radius 3 is 2.30 bits per heavy atom. The minimum absolute atomic E-state index is 0.165. The van der Waals surface area contributed by atoms with Crippen LogP contribution in [0.5, 0.6) is 0 Å². The standard InChI is InChI=1S/C18H17NO/c20-17-12-7-13-19(14-15-8-3-1-4-9-15)18(17)16-10-5-2-6-11-16/h1-12,18H,13-14H2/t18-/m0/s1. The molecule has 1 aliphatic heterocycles. The Morgan fingerprint density at radius 1 is 0.950 bits per heavy atom. The second kappa shape index (κ2) is 5.85. The summed E-state index contributed by atoms with van der Waals surface area (Å²) in [5.41, 5.74) is 2.30. The molecule has 0 saturated carbocycles. The van der Waals surface area contributed by atoms with E-state index in [9.17, 15) is 4.79 Å². The highest BCUT2D eigenvalue weighted by Crippen LogP contribution is 2.26. The molecule has 2 heteroatoms. The summed E-state index contributed by atoms with van der Waals surface area (Å²) >= 11 is 0. The van der Waals surface area contributed by atoms with E-state index in [2.05, 4.69) is 17.0 Å². The van der Waals surface area contributed by atoms with Gasteiger partial charge in [-0.1, -0.05) is 66.7 Å². The quantitative estimate of drug-likeness (QED) is 0.846. The third kappa shape index (κ3) is 2.70. The molecule has 100 valence electrons. The lowest BCUT2D eigenvalue weighted by molar-refractivity contribution is -0.120. The largest absolute Gasteiger partial charge is 0.293 e. The van der Waals surface area contributed by atoms with Crippen molar-refractivity contribution >= 4 is 5.78 Å². The van der Waals surface area contributed by atoms with E-state index in [1.165, 1.54) is 5.56 Å². The number of rotatable bonds is 3. The molecule has 0 N–H and O–H groups in total. The zero-order valence-corrected chi connectivity index (χ0v) is 11.3. The van der Waals surface area contributed by atoms with Gasteiger partial charge in [0.1, 0.15) is 0 Å². The van der Waals surface area contributed by atoms with Crippen molar-refractivity contribution in [3.05, 3.63) is 83.9 Å². The van der Waals surface area contributed by atoms with Crippen LogP contribution in [0.1, 0.15) is 17.2 Å². The van der Waals surface area contributed by atoms with Crippen LogP contribution in [-0.2, 0) is 11.3 Å². The molecule has 0 aromatic heterocycles. The van der Waals surface area contributed by atoms with Gasteiger partial charge in [0.15, 0.2) is 5.78 Å². The van der Waals surface area contributed by atoms with Gasteiger partial charge in [-0.2, -0.15) is 0 Å². The molecule has 0 radical (unpaired) electrons. The molecule has 20 heavy (non-hydrogen) atoms. The van der Waals surface area contributed by atoms with E-state index in [1.54, 1.807) is 6.08 Å². The fourth-order valence-corrected chi connectivity index (χ4v) is 2.66. The van der Waals surface area contributed by atoms with E-state index in [0.717, 1.165) is 18.7 Å². The first-order chi connectivity index (χ1) is 9.84. The van der Waals surface area contributed by atoms with Crippen LogP contribution >= 0.6 is 0 Å². The summed E-state index contributed by atoms with van der Waals surface area (Å²) in [6.07, 6.45) is 3.66. The normalized spacial score (nSPS) is 19.2. The van der Waals surface area contributed by atoms with Crippen molar-refractivity contribution < 1.29 is 4.79 Å². The third-order valence-electron chi connectivity index (χ3n) is 3.60. The molecule has 2 nitrogen and oxygen atoms in total. The van der Waals surface area contributed by atoms with Crippen molar-refractivity contribution in [1.82, 2.24) is 4.90 Å². The Balaban J connectivity index is 1.88. The number of nitrogens with zero attached hydrogens (tertiary/aromatic N) is 1. The van der Waals surface area contributed by atoms with Crippen LogP contribution in [0.25, 0.3) is 0 Å². The van der Waals surface area contributed by atoms with Gasteiger partial charge in [-0.25, -0.2) is 0 Å². The summed E-state index contributed by atoms with van der Waals surface area (Å²) in [5.74, 6) is 0.165. The predicted molar refractivity (Wildman–Crippen MR) is 80.2 cm³/mol. The van der Waals surface area contributed by atoms with E-state index in [4.69, 9.17) is 0 Å². The lowest BCUT2D eigenvalue weighted by Crippen LogP contribution is -2.36. The molecule has 1 atom stereocenters. The van der Waals surface area contributed by atoms with Crippen molar-refractivity contribution in [2.45, 2.75) is 12.6 Å². The highest BCUT2D eigenvalue weighted by molar-refractivity contribution is 5.95. The summed E-state index contributed by atoms with van der Waals surface area (Å²) in [4.78, 5) is 14.5. The Labute approximate surface area is 119 Å². The van der Waals surface area contributed by atoms with E-state index in [1.807, 2.05) is 54.6 Å². The topological polar surface area (TPSA) is 20.3 Å². The van der Waals surface area contributed by atoms with Crippen LogP contribution in [0.2, 0.25) is 0 Å². The summed E-state index contributed by atoms with van der Waals surface area (Å²) in [6.45, 7) is 1.59. The molecule has 0 unspecified atom stereocenters. The number of ketones is 1. The van der Waals surface area contributed by atoms with Crippen molar-refractivity contribution in [1.29, 1.82) is 0 Å². The van der Waals surface area contributed by atoms with Crippen LogP contribution in [-0.4, -0.2) is 17.2 Å². The highest BCUT2D eigenvalue weighted by atomic mass is 16.1. The maximum Gasteiger partial charge on any atom is 0.177 e. The van der Waals surface area contributed by atoms with Gasteiger partial charge in [0.05, 0.1) is 6.04 Å². The van der Waals surface area contributed by atoms with Gasteiger partial charge in [-0.3, -0.25) is 9.69 Å². The molecule has 1 heterocycles. The molecular weight excluding hydrogens is 246 g/mol. The Morgan fingerprint density at radius 2 is 1.60 bits per heavy atom. The van der Waals surface area contributed by atoms with Gasteiger partial charge >= 0.3 is 0 Å². The fraction of sp³-hybridized carbons (Fsp3) is 0.167. The molecule has 3 rings (SSSR count). The Kier molecular flexibility index (Phi) is 3.75. The van der Waals surface area contributed by atoms with Gasteiger partial charge in [-0.05, 0) is 17.2 Å². The zero-order valence-electron chi connectivity index (χ0n) is 11.3. The predicted octanol–water partition coefficient (Wildman–Crippen LogP) is 3.37. The summed E-state index contributed by atoms with van der Waals surface area (Å²) < 4.78 is 0. The van der Waals surface area contributed by atoms with E-state index in [-0.39, 0.29) is 11.8 Å². The Bertz CT molecular complexity index is 604. The van der Waals surface area contributed by atoms with Gasteiger partial charge in [0.2, 0.25) is 0 Å². The molecular formula is C18H17NO. The maximum atomic E-state index is 12.3. The monoisotopic (exact) mass is 263 g/mol. The smallest absolute Gasteiger partial charge is 0.177 e. The molecule has 0 bridgehead atoms. The zero-order chi connectivity index (χ0) is 13.8. The minimum atomic E-state index is -0.165. The van der Waals surface area contributed by atoms with Crippen molar-refractivity contribution in [3.8, 4) is 0 Å². The van der Waals surface area contributed by atoms with Crippen LogP contribution in [0, 0.1) is 0 Å². The van der Waals surface area contributed by atoms with Crippen LogP contribution in [0.3, 0.4) is 0 Å². The van der Waals surface area contributed by atoms with Crippen molar-refractivity contribution in [2.75, 3.05) is 6.54 Å². The molecule has 0 amide bonds. The first-order valence-electron chi connectivity index (χ1n) is 6.88. The molecule has 2 aromatic rings. The van der Waals surface area contributed by atoms with Gasteiger partial charge in [0, 0.05) is 13.1 Å². The average molecular weight is 263 g/mol. The molecule has 0 spiro atoms. The van der Waals surface area contributed by atoms with E-state index >= 15 is 0 Å². The van der Waals surface area contributed by atoms with Gasteiger partial charge in [0.25, 0.3) is 0 Å². The molecule has 2 aromatic carbocycles. The van der Waals surface area contributed by atoms with E-state index in [0.29, 0.717) is 0 Å². The summed E-state index contributed by atoms with van der Waals surface area (Å²) in [6, 6.07) is 20.1. The molecule has 1 aliphatic rings. The molecule has 0 aliphatic carbocycles. The second-order valence-electron chi connectivity index (χ2n) is 5.03. The average Bonchev–Trinajstić information content (AvgIpc) is 2.49. The fourth-order valence-electron chi connectivity index (χ4n) is 2.66. The number of hydrogen-bond acceptors (Lipinski definition) is 2. The van der Waals surface area contributed by atoms with Crippen molar-refractivity contribution in [3.63, 3.8) is 0 Å². The minimum Gasteiger partial charge on any atom is -0.293 e. The van der Waals surface area contributed by atoms with Crippen LogP contribution < -0.4 is 0 Å². The maximum absolute atomic E-state index is 12.3. The first-order valence-corrected chi connectivity index (χ1v) is 6.88.